The number of thiophene rings is 1. The van der Waals surface area contributed by atoms with Gasteiger partial charge in [0.15, 0.2) is 11.5 Å². The Morgan fingerprint density at radius 1 is 0.833 bits per heavy atom. The van der Waals surface area contributed by atoms with E-state index in [1.807, 2.05) is 66.9 Å². The van der Waals surface area contributed by atoms with Crippen molar-refractivity contribution >= 4 is 34.1 Å². The fourth-order valence-corrected chi connectivity index (χ4v) is 5.37. The van der Waals surface area contributed by atoms with Gasteiger partial charge in [0.05, 0.1) is 25.1 Å². The lowest BCUT2D eigenvalue weighted by molar-refractivity contribution is -0.137. The first-order valence-corrected chi connectivity index (χ1v) is 14.5. The number of carboxylic acids is 1. The number of nitrogens with zero attached hydrogens (tertiary/aromatic N) is 2. The Kier molecular flexibility index (Phi) is 10.3. The zero-order chi connectivity index (χ0) is 30.1. The minimum absolute atomic E-state index is 0.0403. The van der Waals surface area contributed by atoms with Crippen molar-refractivity contribution in [3.8, 4) is 22.6 Å². The molecule has 42 heavy (non-hydrogen) atoms. The van der Waals surface area contributed by atoms with Crippen LogP contribution >= 0.6 is 11.3 Å². The van der Waals surface area contributed by atoms with Crippen LogP contribution in [0.1, 0.15) is 39.6 Å². The molecular formula is C33H34N2O6S. The van der Waals surface area contributed by atoms with Gasteiger partial charge in [0.1, 0.15) is 0 Å². The molecule has 0 aliphatic heterocycles. The minimum Gasteiger partial charge on any atom is -0.493 e. The first-order chi connectivity index (χ1) is 20.3. The van der Waals surface area contributed by atoms with Gasteiger partial charge in [0.25, 0.3) is 11.8 Å². The monoisotopic (exact) mass is 586 g/mol. The Balaban J connectivity index is 1.65. The number of benzene rings is 3. The van der Waals surface area contributed by atoms with Crippen LogP contribution in [0.15, 0.2) is 84.2 Å². The summed E-state index contributed by atoms with van der Waals surface area (Å²) in [6.07, 6.45) is 0.291. The first-order valence-electron chi connectivity index (χ1n) is 13.6. The van der Waals surface area contributed by atoms with Crippen LogP contribution in [-0.4, -0.2) is 61.6 Å². The smallest absolute Gasteiger partial charge is 0.305 e. The van der Waals surface area contributed by atoms with Gasteiger partial charge in [-0.2, -0.15) is 0 Å². The summed E-state index contributed by atoms with van der Waals surface area (Å²) in [5, 5.41) is 12.1. The van der Waals surface area contributed by atoms with Crippen LogP contribution in [0.3, 0.4) is 0 Å². The summed E-state index contributed by atoms with van der Waals surface area (Å²) in [7, 11) is 3.30. The lowest BCUT2D eigenvalue weighted by Crippen LogP contribution is -2.35. The maximum Gasteiger partial charge on any atom is 0.305 e. The second-order valence-corrected chi connectivity index (χ2v) is 10.4. The number of ether oxygens (including phenoxy) is 2. The molecule has 0 aliphatic rings. The van der Waals surface area contributed by atoms with E-state index in [-0.39, 0.29) is 24.8 Å². The maximum absolute atomic E-state index is 14.0. The zero-order valence-corrected chi connectivity index (χ0v) is 24.7. The third kappa shape index (κ3) is 7.16. The molecule has 1 aromatic heterocycles. The molecule has 0 radical (unpaired) electrons. The SMILES string of the molecule is CCOc1cc(CCN(CCC(=O)O)C(=O)c2ccccc2-c2ccccc2C(=O)N(C)c2cccs2)ccc1OC. The molecule has 218 valence electrons. The van der Waals surface area contributed by atoms with Crippen molar-refractivity contribution in [1.29, 1.82) is 0 Å². The van der Waals surface area contributed by atoms with E-state index in [1.54, 1.807) is 48.2 Å². The molecule has 0 unspecified atom stereocenters. The van der Waals surface area contributed by atoms with Crippen molar-refractivity contribution in [2.45, 2.75) is 19.8 Å². The molecule has 0 saturated carbocycles. The molecule has 4 rings (SSSR count). The Morgan fingerprint density at radius 3 is 2.10 bits per heavy atom. The predicted molar refractivity (Wildman–Crippen MR) is 165 cm³/mol. The molecule has 0 atom stereocenters. The molecule has 4 aromatic rings. The number of carbonyl (C=O) groups is 3. The van der Waals surface area contributed by atoms with Gasteiger partial charge in [-0.1, -0.05) is 42.5 Å². The molecule has 1 N–H and O–H groups in total. The summed E-state index contributed by atoms with van der Waals surface area (Å²) in [6, 6.07) is 23.7. The predicted octanol–water partition coefficient (Wildman–Crippen LogP) is 6.26. The van der Waals surface area contributed by atoms with Crippen LogP contribution in [0.25, 0.3) is 11.1 Å². The summed E-state index contributed by atoms with van der Waals surface area (Å²) >= 11 is 1.47. The summed E-state index contributed by atoms with van der Waals surface area (Å²) in [5.74, 6) is -0.259. The normalized spacial score (nSPS) is 10.6. The van der Waals surface area contributed by atoms with E-state index in [4.69, 9.17) is 9.47 Å². The summed E-state index contributed by atoms with van der Waals surface area (Å²) < 4.78 is 11.1. The molecule has 0 fully saturated rings. The average Bonchev–Trinajstić information content (AvgIpc) is 3.55. The quantitative estimate of drug-likeness (QED) is 0.199. The third-order valence-electron chi connectivity index (χ3n) is 6.83. The zero-order valence-electron chi connectivity index (χ0n) is 23.9. The van der Waals surface area contributed by atoms with Gasteiger partial charge in [0.2, 0.25) is 0 Å². The number of hydrogen-bond donors (Lipinski definition) is 1. The van der Waals surface area contributed by atoms with Crippen molar-refractivity contribution in [3.63, 3.8) is 0 Å². The summed E-state index contributed by atoms with van der Waals surface area (Å²) in [6.45, 7) is 2.70. The lowest BCUT2D eigenvalue weighted by atomic mass is 9.94. The highest BCUT2D eigenvalue weighted by Crippen LogP contribution is 2.31. The van der Waals surface area contributed by atoms with Crippen molar-refractivity contribution in [1.82, 2.24) is 4.90 Å². The van der Waals surface area contributed by atoms with Crippen molar-refractivity contribution < 1.29 is 29.0 Å². The molecular weight excluding hydrogens is 552 g/mol. The number of aliphatic carboxylic acids is 1. The van der Waals surface area contributed by atoms with Gasteiger partial charge in [-0.05, 0) is 71.8 Å². The summed E-state index contributed by atoms with van der Waals surface area (Å²) in [4.78, 5) is 42.2. The topological polar surface area (TPSA) is 96.4 Å². The van der Waals surface area contributed by atoms with Crippen LogP contribution < -0.4 is 14.4 Å². The van der Waals surface area contributed by atoms with E-state index in [9.17, 15) is 19.5 Å². The number of anilines is 1. The number of carbonyl (C=O) groups excluding carboxylic acids is 2. The number of methoxy groups -OCH3 is 1. The number of carboxylic acid groups (broad SMARTS) is 1. The molecule has 1 heterocycles. The first kappa shape index (κ1) is 30.3. The van der Waals surface area contributed by atoms with Crippen molar-refractivity contribution in [2.75, 3.05) is 38.8 Å². The van der Waals surface area contributed by atoms with E-state index >= 15 is 0 Å². The average molecular weight is 587 g/mol. The fraction of sp³-hybridized carbons (Fsp3) is 0.242. The van der Waals surface area contributed by atoms with Gasteiger partial charge in [-0.15, -0.1) is 11.3 Å². The van der Waals surface area contributed by atoms with Gasteiger partial charge >= 0.3 is 5.97 Å². The van der Waals surface area contributed by atoms with Gasteiger partial charge in [-0.25, -0.2) is 0 Å². The number of hydrogen-bond acceptors (Lipinski definition) is 6. The van der Waals surface area contributed by atoms with Crippen LogP contribution in [0.5, 0.6) is 11.5 Å². The minimum atomic E-state index is -0.989. The second kappa shape index (κ2) is 14.3. The Hall–Kier alpha value is -4.63. The number of rotatable bonds is 13. The molecule has 8 nitrogen and oxygen atoms in total. The maximum atomic E-state index is 14.0. The van der Waals surface area contributed by atoms with Crippen molar-refractivity contribution in [2.24, 2.45) is 0 Å². The standard InChI is InChI=1S/C33H34N2O6S/c1-4-41-29-22-23(15-16-28(29)40-3)17-19-35(20-18-31(36)37)33(39)27-13-8-6-11-25(27)24-10-5-7-12-26(24)32(38)34(2)30-14-9-21-42-30/h5-16,21-22H,4,17-20H2,1-3H3,(H,36,37). The van der Waals surface area contributed by atoms with Crippen LogP contribution in [0.2, 0.25) is 0 Å². The molecule has 0 spiro atoms. The Morgan fingerprint density at radius 2 is 1.50 bits per heavy atom. The summed E-state index contributed by atoms with van der Waals surface area (Å²) in [5.41, 5.74) is 3.02. The highest BCUT2D eigenvalue weighted by molar-refractivity contribution is 7.14. The van der Waals surface area contributed by atoms with E-state index in [0.29, 0.717) is 53.3 Å². The highest BCUT2D eigenvalue weighted by atomic mass is 32.1. The van der Waals surface area contributed by atoms with E-state index in [1.165, 1.54) is 11.3 Å². The van der Waals surface area contributed by atoms with Crippen LogP contribution in [0, 0.1) is 0 Å². The lowest BCUT2D eigenvalue weighted by Gasteiger charge is -2.24. The Labute approximate surface area is 249 Å². The van der Waals surface area contributed by atoms with Crippen LogP contribution in [0.4, 0.5) is 5.00 Å². The van der Waals surface area contributed by atoms with Gasteiger partial charge < -0.3 is 24.4 Å². The fourth-order valence-electron chi connectivity index (χ4n) is 4.68. The van der Waals surface area contributed by atoms with Crippen LogP contribution in [-0.2, 0) is 11.2 Å². The molecule has 9 heteroatoms. The molecule has 0 saturated heterocycles. The van der Waals surface area contributed by atoms with Gasteiger partial charge in [-0.3, -0.25) is 14.4 Å². The molecule has 0 bridgehead atoms. The molecule has 2 amide bonds. The van der Waals surface area contributed by atoms with E-state index in [2.05, 4.69) is 0 Å². The Bertz CT molecular complexity index is 1540. The number of amides is 2. The highest BCUT2D eigenvalue weighted by Gasteiger charge is 2.24. The van der Waals surface area contributed by atoms with Crippen molar-refractivity contribution in [3.05, 3.63) is 101 Å². The van der Waals surface area contributed by atoms with Gasteiger partial charge in [0, 0.05) is 31.3 Å². The molecule has 0 aliphatic carbocycles. The third-order valence-corrected chi connectivity index (χ3v) is 7.77. The van der Waals surface area contributed by atoms with E-state index < -0.39 is 5.97 Å². The molecule has 3 aromatic carbocycles. The largest absolute Gasteiger partial charge is 0.493 e. The van der Waals surface area contributed by atoms with E-state index in [0.717, 1.165) is 10.6 Å². The second-order valence-electron chi connectivity index (χ2n) is 9.51.